The van der Waals surface area contributed by atoms with Gasteiger partial charge in [0.1, 0.15) is 16.3 Å². The molecular weight excluding hydrogens is 356 g/mol. The molecule has 6 nitrogen and oxygen atoms in total. The van der Waals surface area contributed by atoms with Crippen molar-refractivity contribution in [1.82, 2.24) is 29.2 Å². The number of aromatic nitrogens is 6. The summed E-state index contributed by atoms with van der Waals surface area (Å²) in [5.41, 5.74) is 3.67. The maximum Gasteiger partial charge on any atom is 0.235 e. The molecule has 5 rings (SSSR count). The lowest BCUT2D eigenvalue weighted by Gasteiger charge is -1.99. The first-order chi connectivity index (χ1) is 12.2. The highest BCUT2D eigenvalue weighted by molar-refractivity contribution is 7.19. The van der Waals surface area contributed by atoms with E-state index in [1.807, 2.05) is 60.0 Å². The Bertz CT molecular complexity index is 1220. The number of nitrogens with zero attached hydrogens (tertiary/aromatic N) is 6. The third-order valence-electron chi connectivity index (χ3n) is 4.00. The molecule has 25 heavy (non-hydrogen) atoms. The van der Waals surface area contributed by atoms with Gasteiger partial charge in [0.2, 0.25) is 10.8 Å². The second-order valence-electron chi connectivity index (χ2n) is 5.61. The van der Waals surface area contributed by atoms with Gasteiger partial charge in [0, 0.05) is 16.8 Å². The highest BCUT2D eigenvalue weighted by Gasteiger charge is 2.19. The lowest BCUT2D eigenvalue weighted by atomic mass is 10.2. The standard InChI is InChI=1S/C17H11ClN6S/c1-10-14(23-9-3-2-4-13(23)19-10)15-20-21-17-24(15)22-16(25-17)11-5-7-12(18)8-6-11/h2-9H,1H3. The minimum absolute atomic E-state index is 0.683. The number of hydrogen-bond donors (Lipinski definition) is 0. The Morgan fingerprint density at radius 3 is 2.72 bits per heavy atom. The van der Waals surface area contributed by atoms with Gasteiger partial charge in [-0.3, -0.25) is 4.40 Å². The Labute approximate surface area is 151 Å². The van der Waals surface area contributed by atoms with E-state index < -0.39 is 0 Å². The number of pyridine rings is 1. The van der Waals surface area contributed by atoms with Crippen molar-refractivity contribution in [1.29, 1.82) is 0 Å². The van der Waals surface area contributed by atoms with Crippen molar-refractivity contribution >= 4 is 33.5 Å². The first-order valence-corrected chi connectivity index (χ1v) is 8.82. The van der Waals surface area contributed by atoms with E-state index in [2.05, 4.69) is 15.2 Å². The van der Waals surface area contributed by atoms with Crippen LogP contribution in [0.1, 0.15) is 5.69 Å². The SMILES string of the molecule is Cc1nc2ccccn2c1-c1nnc2sc(-c3ccc(Cl)cc3)nn12. The van der Waals surface area contributed by atoms with Gasteiger partial charge >= 0.3 is 0 Å². The normalized spacial score (nSPS) is 11.6. The average Bonchev–Trinajstić information content (AvgIpc) is 3.27. The predicted molar refractivity (Wildman–Crippen MR) is 98.0 cm³/mol. The van der Waals surface area contributed by atoms with Crippen molar-refractivity contribution < 1.29 is 0 Å². The Kier molecular flexibility index (Phi) is 3.13. The van der Waals surface area contributed by atoms with Gasteiger partial charge in [-0.2, -0.15) is 9.61 Å². The van der Waals surface area contributed by atoms with Gasteiger partial charge in [-0.25, -0.2) is 4.98 Å². The molecule has 0 aliphatic carbocycles. The van der Waals surface area contributed by atoms with Gasteiger partial charge in [0.15, 0.2) is 0 Å². The first-order valence-electron chi connectivity index (χ1n) is 7.63. The van der Waals surface area contributed by atoms with Crippen LogP contribution in [-0.2, 0) is 0 Å². The smallest absolute Gasteiger partial charge is 0.235 e. The molecule has 0 N–H and O–H groups in total. The molecule has 4 heterocycles. The van der Waals surface area contributed by atoms with Gasteiger partial charge in [0.05, 0.1) is 5.69 Å². The van der Waals surface area contributed by atoms with Gasteiger partial charge in [-0.15, -0.1) is 10.2 Å². The van der Waals surface area contributed by atoms with E-state index in [9.17, 15) is 0 Å². The van der Waals surface area contributed by atoms with Crippen LogP contribution >= 0.6 is 22.9 Å². The van der Waals surface area contributed by atoms with Crippen molar-refractivity contribution in [2.24, 2.45) is 0 Å². The lowest BCUT2D eigenvalue weighted by Crippen LogP contribution is -1.96. The first kappa shape index (κ1) is 14.6. The Balaban J connectivity index is 1.72. The van der Waals surface area contributed by atoms with Crippen molar-refractivity contribution in [2.45, 2.75) is 6.92 Å². The van der Waals surface area contributed by atoms with Gasteiger partial charge in [-0.1, -0.05) is 41.1 Å². The molecular formula is C17H11ClN6S. The fourth-order valence-corrected chi connectivity index (χ4v) is 3.83. The van der Waals surface area contributed by atoms with Crippen LogP contribution in [0.2, 0.25) is 5.02 Å². The second-order valence-corrected chi connectivity index (χ2v) is 7.00. The summed E-state index contributed by atoms with van der Waals surface area (Å²) in [5, 5.41) is 14.9. The molecule has 122 valence electrons. The summed E-state index contributed by atoms with van der Waals surface area (Å²) >= 11 is 7.46. The Hall–Kier alpha value is -2.77. The van der Waals surface area contributed by atoms with E-state index >= 15 is 0 Å². The van der Waals surface area contributed by atoms with Gasteiger partial charge in [0.25, 0.3) is 0 Å². The number of rotatable bonds is 2. The number of hydrogen-bond acceptors (Lipinski definition) is 5. The van der Waals surface area contributed by atoms with Crippen molar-refractivity contribution in [3.8, 4) is 22.1 Å². The highest BCUT2D eigenvalue weighted by Crippen LogP contribution is 2.30. The van der Waals surface area contributed by atoms with Crippen molar-refractivity contribution in [3.05, 3.63) is 59.4 Å². The summed E-state index contributed by atoms with van der Waals surface area (Å²) in [5.74, 6) is 0.683. The average molecular weight is 367 g/mol. The number of fused-ring (bicyclic) bond motifs is 2. The third kappa shape index (κ3) is 2.24. The topological polar surface area (TPSA) is 60.4 Å². The molecule has 0 spiro atoms. The maximum atomic E-state index is 5.97. The largest absolute Gasteiger partial charge is 0.297 e. The predicted octanol–water partition coefficient (Wildman–Crippen LogP) is 4.13. The molecule has 0 unspecified atom stereocenters. The highest BCUT2D eigenvalue weighted by atomic mass is 35.5. The van der Waals surface area contributed by atoms with Crippen molar-refractivity contribution in [3.63, 3.8) is 0 Å². The van der Waals surface area contributed by atoms with Gasteiger partial charge < -0.3 is 0 Å². The lowest BCUT2D eigenvalue weighted by molar-refractivity contribution is 0.954. The minimum atomic E-state index is 0.683. The van der Waals surface area contributed by atoms with E-state index in [-0.39, 0.29) is 0 Å². The Morgan fingerprint density at radius 1 is 1.04 bits per heavy atom. The molecule has 0 aliphatic rings. The number of halogens is 1. The fraction of sp³-hybridized carbons (Fsp3) is 0.0588. The van der Waals surface area contributed by atoms with Crippen LogP contribution in [0.5, 0.6) is 0 Å². The summed E-state index contributed by atoms with van der Waals surface area (Å²) in [6.07, 6.45) is 1.97. The summed E-state index contributed by atoms with van der Waals surface area (Å²) in [6.45, 7) is 1.97. The molecule has 0 saturated carbocycles. The molecule has 0 atom stereocenters. The fourth-order valence-electron chi connectivity index (χ4n) is 2.86. The van der Waals surface area contributed by atoms with E-state index in [0.717, 1.165) is 32.6 Å². The number of aryl methyl sites for hydroxylation is 1. The van der Waals surface area contributed by atoms with Crippen LogP contribution in [0.25, 0.3) is 32.7 Å². The summed E-state index contributed by atoms with van der Waals surface area (Å²) in [4.78, 5) is 5.33. The molecule has 0 saturated heterocycles. The van der Waals surface area contributed by atoms with Crippen LogP contribution in [0.3, 0.4) is 0 Å². The molecule has 0 radical (unpaired) electrons. The van der Waals surface area contributed by atoms with Gasteiger partial charge in [-0.05, 0) is 31.2 Å². The molecule has 0 amide bonds. The molecule has 1 aromatic carbocycles. The van der Waals surface area contributed by atoms with Crippen LogP contribution in [0, 0.1) is 6.92 Å². The van der Waals surface area contributed by atoms with E-state index in [1.54, 1.807) is 4.52 Å². The quantitative estimate of drug-likeness (QED) is 0.471. The maximum absolute atomic E-state index is 5.97. The molecule has 4 aromatic heterocycles. The zero-order valence-electron chi connectivity index (χ0n) is 13.1. The molecule has 5 aromatic rings. The molecule has 0 bridgehead atoms. The van der Waals surface area contributed by atoms with E-state index in [4.69, 9.17) is 16.7 Å². The Morgan fingerprint density at radius 2 is 1.88 bits per heavy atom. The van der Waals surface area contributed by atoms with Crippen LogP contribution in [-0.4, -0.2) is 29.2 Å². The summed E-state index contributed by atoms with van der Waals surface area (Å²) in [7, 11) is 0. The minimum Gasteiger partial charge on any atom is -0.297 e. The van der Waals surface area contributed by atoms with Crippen LogP contribution < -0.4 is 0 Å². The van der Waals surface area contributed by atoms with Crippen LogP contribution in [0.15, 0.2) is 48.7 Å². The van der Waals surface area contributed by atoms with E-state index in [1.165, 1.54) is 11.3 Å². The van der Waals surface area contributed by atoms with Crippen molar-refractivity contribution in [2.75, 3.05) is 0 Å². The summed E-state index contributed by atoms with van der Waals surface area (Å²) in [6, 6.07) is 13.5. The number of benzene rings is 1. The van der Waals surface area contributed by atoms with Crippen LogP contribution in [0.4, 0.5) is 0 Å². The third-order valence-corrected chi connectivity index (χ3v) is 5.20. The molecule has 0 fully saturated rings. The molecule has 0 aliphatic heterocycles. The zero-order valence-corrected chi connectivity index (χ0v) is 14.7. The monoisotopic (exact) mass is 366 g/mol. The number of imidazole rings is 1. The zero-order chi connectivity index (χ0) is 17.0. The summed E-state index contributed by atoms with van der Waals surface area (Å²) < 4.78 is 3.78. The molecule has 8 heteroatoms. The second kappa shape index (κ2) is 5.37. The van der Waals surface area contributed by atoms with E-state index in [0.29, 0.717) is 10.8 Å².